The summed E-state index contributed by atoms with van der Waals surface area (Å²) in [5.74, 6) is 2.37. The lowest BCUT2D eigenvalue weighted by Crippen LogP contribution is -2.39. The summed E-state index contributed by atoms with van der Waals surface area (Å²) in [7, 11) is 2.27. The highest BCUT2D eigenvalue weighted by Gasteiger charge is 2.17. The fourth-order valence-corrected chi connectivity index (χ4v) is 3.33. The van der Waals surface area contributed by atoms with Gasteiger partial charge in [0.05, 0.1) is 5.69 Å². The van der Waals surface area contributed by atoms with Gasteiger partial charge in [-0.05, 0) is 53.6 Å². The first kappa shape index (κ1) is 23.2. The summed E-state index contributed by atoms with van der Waals surface area (Å²) < 4.78 is 5.59. The Morgan fingerprint density at radius 1 is 1.23 bits per heavy atom. The molecule has 7 heteroatoms. The van der Waals surface area contributed by atoms with Crippen LogP contribution < -0.4 is 10.6 Å². The molecule has 2 N–H and O–H groups in total. The van der Waals surface area contributed by atoms with E-state index in [0.29, 0.717) is 12.4 Å². The SMILES string of the molecule is CCNC(=NCc1nc(C)c(C)o1)NCCCN(C)C1CCCCC1.I. The van der Waals surface area contributed by atoms with Crippen LogP contribution in [0.1, 0.15) is 62.8 Å². The molecule has 1 heterocycles. The molecule has 0 radical (unpaired) electrons. The minimum atomic E-state index is 0. The summed E-state index contributed by atoms with van der Waals surface area (Å²) in [6.07, 6.45) is 8.05. The molecule has 0 aromatic carbocycles. The van der Waals surface area contributed by atoms with Crippen molar-refractivity contribution >= 4 is 29.9 Å². The summed E-state index contributed by atoms with van der Waals surface area (Å²) in [4.78, 5) is 11.5. The largest absolute Gasteiger partial charge is 0.444 e. The summed E-state index contributed by atoms with van der Waals surface area (Å²) in [6.45, 7) is 9.33. The maximum Gasteiger partial charge on any atom is 0.216 e. The highest BCUT2D eigenvalue weighted by molar-refractivity contribution is 14.0. The smallest absolute Gasteiger partial charge is 0.216 e. The molecule has 26 heavy (non-hydrogen) atoms. The van der Waals surface area contributed by atoms with Gasteiger partial charge >= 0.3 is 0 Å². The molecule has 0 unspecified atom stereocenters. The quantitative estimate of drug-likeness (QED) is 0.259. The van der Waals surface area contributed by atoms with Crippen molar-refractivity contribution in [1.82, 2.24) is 20.5 Å². The van der Waals surface area contributed by atoms with Gasteiger partial charge in [-0.3, -0.25) is 0 Å². The molecule has 2 rings (SSSR count). The zero-order valence-corrected chi connectivity index (χ0v) is 19.1. The van der Waals surface area contributed by atoms with Gasteiger partial charge in [0.1, 0.15) is 12.3 Å². The molecule has 150 valence electrons. The maximum absolute atomic E-state index is 5.59. The number of hydrogen-bond acceptors (Lipinski definition) is 4. The molecule has 0 aliphatic heterocycles. The lowest BCUT2D eigenvalue weighted by atomic mass is 9.94. The molecular weight excluding hydrogens is 441 g/mol. The van der Waals surface area contributed by atoms with Gasteiger partial charge in [0.15, 0.2) is 5.96 Å². The Morgan fingerprint density at radius 3 is 2.58 bits per heavy atom. The molecule has 0 saturated heterocycles. The van der Waals surface area contributed by atoms with E-state index in [4.69, 9.17) is 4.42 Å². The van der Waals surface area contributed by atoms with Crippen LogP contribution in [-0.2, 0) is 6.54 Å². The molecule has 1 aromatic heterocycles. The predicted molar refractivity (Wildman–Crippen MR) is 118 cm³/mol. The Labute approximate surface area is 175 Å². The Balaban J connectivity index is 0.00000338. The molecule has 1 saturated carbocycles. The molecule has 0 bridgehead atoms. The van der Waals surface area contributed by atoms with Crippen LogP contribution in [-0.4, -0.2) is 48.6 Å². The van der Waals surface area contributed by atoms with Crippen LogP contribution in [0.5, 0.6) is 0 Å². The lowest BCUT2D eigenvalue weighted by Gasteiger charge is -2.31. The highest BCUT2D eigenvalue weighted by atomic mass is 127. The Bertz CT molecular complexity index is 521. The van der Waals surface area contributed by atoms with E-state index >= 15 is 0 Å². The van der Waals surface area contributed by atoms with E-state index in [1.165, 1.54) is 32.1 Å². The standard InChI is InChI=1S/C19H35N5O.HI/c1-5-20-19(22-14-18-23-15(2)16(3)25-18)21-12-9-13-24(4)17-10-7-6-8-11-17;/h17H,5-14H2,1-4H3,(H2,20,21,22);1H. The van der Waals surface area contributed by atoms with Crippen molar-refractivity contribution in [2.45, 2.75) is 71.9 Å². The number of nitrogens with one attached hydrogen (secondary N) is 2. The molecule has 1 aliphatic rings. The third-order valence-corrected chi connectivity index (χ3v) is 4.97. The van der Waals surface area contributed by atoms with Crippen molar-refractivity contribution < 1.29 is 4.42 Å². The number of halogens is 1. The number of aromatic nitrogens is 1. The van der Waals surface area contributed by atoms with E-state index < -0.39 is 0 Å². The van der Waals surface area contributed by atoms with Gasteiger partial charge in [0.2, 0.25) is 5.89 Å². The number of rotatable bonds is 8. The first-order chi connectivity index (χ1) is 12.1. The summed E-state index contributed by atoms with van der Waals surface area (Å²) in [5.41, 5.74) is 0.939. The van der Waals surface area contributed by atoms with Crippen molar-refractivity contribution in [2.75, 3.05) is 26.7 Å². The lowest BCUT2D eigenvalue weighted by molar-refractivity contribution is 0.190. The highest BCUT2D eigenvalue weighted by Crippen LogP contribution is 2.21. The Hall–Kier alpha value is -0.830. The zero-order chi connectivity index (χ0) is 18.1. The summed E-state index contributed by atoms with van der Waals surface area (Å²) in [6, 6.07) is 0.784. The molecule has 0 atom stereocenters. The third-order valence-electron chi connectivity index (χ3n) is 4.97. The topological polar surface area (TPSA) is 65.7 Å². The Morgan fingerprint density at radius 2 is 1.96 bits per heavy atom. The van der Waals surface area contributed by atoms with Crippen molar-refractivity contribution in [2.24, 2.45) is 4.99 Å². The van der Waals surface area contributed by atoms with Crippen LogP contribution in [0.25, 0.3) is 0 Å². The van der Waals surface area contributed by atoms with Gasteiger partial charge < -0.3 is 20.0 Å². The van der Waals surface area contributed by atoms with E-state index in [1.54, 1.807) is 0 Å². The second kappa shape index (κ2) is 12.5. The first-order valence-electron chi connectivity index (χ1n) is 9.75. The number of guanidine groups is 1. The average molecular weight is 477 g/mol. The summed E-state index contributed by atoms with van der Waals surface area (Å²) in [5, 5.41) is 6.70. The van der Waals surface area contributed by atoms with Gasteiger partial charge in [-0.1, -0.05) is 19.3 Å². The molecule has 1 fully saturated rings. The van der Waals surface area contributed by atoms with Crippen LogP contribution in [0.4, 0.5) is 0 Å². The molecule has 0 spiro atoms. The van der Waals surface area contributed by atoms with Crippen molar-refractivity contribution in [3.63, 3.8) is 0 Å². The minimum Gasteiger partial charge on any atom is -0.444 e. The van der Waals surface area contributed by atoms with Crippen LogP contribution in [0.2, 0.25) is 0 Å². The van der Waals surface area contributed by atoms with Crippen LogP contribution in [0.15, 0.2) is 9.41 Å². The molecule has 6 nitrogen and oxygen atoms in total. The van der Waals surface area contributed by atoms with E-state index in [9.17, 15) is 0 Å². The van der Waals surface area contributed by atoms with Crippen LogP contribution >= 0.6 is 24.0 Å². The molecule has 0 amide bonds. The number of hydrogen-bond donors (Lipinski definition) is 2. The number of aliphatic imine (C=N–C) groups is 1. The van der Waals surface area contributed by atoms with E-state index in [1.807, 2.05) is 13.8 Å². The second-order valence-electron chi connectivity index (χ2n) is 7.00. The normalized spacial score (nSPS) is 15.8. The molecule has 1 aromatic rings. The number of aryl methyl sites for hydroxylation is 2. The number of oxazole rings is 1. The average Bonchev–Trinajstić information content (AvgIpc) is 2.95. The van der Waals surface area contributed by atoms with Gasteiger partial charge in [-0.15, -0.1) is 24.0 Å². The van der Waals surface area contributed by atoms with Gasteiger partial charge in [0, 0.05) is 19.1 Å². The minimum absolute atomic E-state index is 0. The second-order valence-corrected chi connectivity index (χ2v) is 7.00. The fraction of sp³-hybridized carbons (Fsp3) is 0.789. The third kappa shape index (κ3) is 7.82. The predicted octanol–water partition coefficient (Wildman–Crippen LogP) is 3.62. The van der Waals surface area contributed by atoms with E-state index in [2.05, 4.69) is 39.5 Å². The van der Waals surface area contributed by atoms with E-state index in [-0.39, 0.29) is 24.0 Å². The maximum atomic E-state index is 5.59. The van der Waals surface area contributed by atoms with Gasteiger partial charge in [0.25, 0.3) is 0 Å². The van der Waals surface area contributed by atoms with Crippen LogP contribution in [0, 0.1) is 13.8 Å². The molecule has 1 aliphatic carbocycles. The Kier molecular flexibility index (Phi) is 11.2. The van der Waals surface area contributed by atoms with Gasteiger partial charge in [-0.2, -0.15) is 0 Å². The first-order valence-corrected chi connectivity index (χ1v) is 9.75. The number of nitrogens with zero attached hydrogens (tertiary/aromatic N) is 3. The monoisotopic (exact) mass is 477 g/mol. The van der Waals surface area contributed by atoms with Crippen LogP contribution in [0.3, 0.4) is 0 Å². The van der Waals surface area contributed by atoms with E-state index in [0.717, 1.165) is 49.5 Å². The van der Waals surface area contributed by atoms with Crippen molar-refractivity contribution in [1.29, 1.82) is 0 Å². The van der Waals surface area contributed by atoms with Crippen molar-refractivity contribution in [3.05, 3.63) is 17.3 Å². The zero-order valence-electron chi connectivity index (χ0n) is 16.8. The fourth-order valence-electron chi connectivity index (χ4n) is 3.33. The van der Waals surface area contributed by atoms with Crippen molar-refractivity contribution in [3.8, 4) is 0 Å². The summed E-state index contributed by atoms with van der Waals surface area (Å²) >= 11 is 0. The van der Waals surface area contributed by atoms with Gasteiger partial charge in [-0.25, -0.2) is 9.98 Å². The molecular formula is C19H36IN5O.